The number of hydrogen-bond acceptors (Lipinski definition) is 5. The minimum atomic E-state index is -0.645. The van der Waals surface area contributed by atoms with Crippen molar-refractivity contribution in [1.29, 1.82) is 0 Å². The predicted molar refractivity (Wildman–Crippen MR) is 122 cm³/mol. The van der Waals surface area contributed by atoms with Crippen molar-refractivity contribution in [3.63, 3.8) is 0 Å². The SMILES string of the molecule is Cc1cc2onc(CC(=O)N3CCC4(CC3)CC(=O)c3cc(Cl)cc(Cl)c3O4)c2cc1C. The number of rotatable bonds is 2. The summed E-state index contributed by atoms with van der Waals surface area (Å²) in [7, 11) is 0. The van der Waals surface area contributed by atoms with E-state index >= 15 is 0 Å². The van der Waals surface area contributed by atoms with Gasteiger partial charge in [0.05, 0.1) is 23.4 Å². The summed E-state index contributed by atoms with van der Waals surface area (Å²) in [6.45, 7) is 5.05. The van der Waals surface area contributed by atoms with Crippen molar-refractivity contribution in [3.8, 4) is 5.75 Å². The van der Waals surface area contributed by atoms with Gasteiger partial charge in [-0.25, -0.2) is 0 Å². The third-order valence-corrected chi connectivity index (χ3v) is 7.12. The lowest BCUT2D eigenvalue weighted by molar-refractivity contribution is -0.134. The van der Waals surface area contributed by atoms with Crippen LogP contribution in [0.4, 0.5) is 0 Å². The molecule has 1 fully saturated rings. The van der Waals surface area contributed by atoms with E-state index in [0.717, 1.165) is 16.5 Å². The van der Waals surface area contributed by atoms with Gasteiger partial charge in [0.15, 0.2) is 11.4 Å². The van der Waals surface area contributed by atoms with E-state index in [1.54, 1.807) is 17.0 Å². The Balaban J connectivity index is 1.29. The van der Waals surface area contributed by atoms with E-state index in [1.807, 2.05) is 26.0 Å². The standard InChI is InChI=1S/C24H22Cl2N2O4/c1-13-7-16-19(27-32-21(16)8-14(13)2)11-22(30)28-5-3-24(4-6-28)12-20(29)17-9-15(25)10-18(26)23(17)31-24/h7-10H,3-6,11-12H2,1-2H3. The Hall–Kier alpha value is -2.57. The quantitative estimate of drug-likeness (QED) is 0.504. The molecule has 3 aromatic rings. The fraction of sp³-hybridized carbons (Fsp3) is 0.375. The number of benzene rings is 2. The molecule has 3 heterocycles. The van der Waals surface area contributed by atoms with Crippen LogP contribution in [0.5, 0.6) is 5.75 Å². The number of ketones is 1. The lowest BCUT2D eigenvalue weighted by Gasteiger charge is -2.44. The summed E-state index contributed by atoms with van der Waals surface area (Å²) < 4.78 is 11.7. The highest BCUT2D eigenvalue weighted by Crippen LogP contribution is 2.44. The molecule has 0 saturated carbocycles. The molecule has 0 unspecified atom stereocenters. The van der Waals surface area contributed by atoms with Crippen LogP contribution in [-0.2, 0) is 11.2 Å². The van der Waals surface area contributed by atoms with E-state index in [9.17, 15) is 9.59 Å². The summed E-state index contributed by atoms with van der Waals surface area (Å²) >= 11 is 12.3. The number of nitrogens with zero attached hydrogens (tertiary/aromatic N) is 2. The van der Waals surface area contributed by atoms with Crippen LogP contribution in [0.3, 0.4) is 0 Å². The third-order valence-electron chi connectivity index (χ3n) is 6.62. The van der Waals surface area contributed by atoms with E-state index in [2.05, 4.69) is 5.16 Å². The van der Waals surface area contributed by atoms with E-state index in [0.29, 0.717) is 58.6 Å². The molecule has 166 valence electrons. The van der Waals surface area contributed by atoms with Crippen molar-refractivity contribution in [1.82, 2.24) is 10.1 Å². The number of carbonyl (C=O) groups is 2. The summed E-state index contributed by atoms with van der Waals surface area (Å²) in [6.07, 6.45) is 1.54. The molecule has 1 spiro atoms. The summed E-state index contributed by atoms with van der Waals surface area (Å²) in [5, 5.41) is 5.75. The maximum atomic E-state index is 13.0. The van der Waals surface area contributed by atoms with E-state index < -0.39 is 5.60 Å². The zero-order valence-corrected chi connectivity index (χ0v) is 19.3. The molecule has 0 radical (unpaired) electrons. The number of piperidine rings is 1. The number of amides is 1. The van der Waals surface area contributed by atoms with Gasteiger partial charge in [0.25, 0.3) is 0 Å². The van der Waals surface area contributed by atoms with E-state index in [-0.39, 0.29) is 24.5 Å². The number of Topliss-reactive ketones (excluding diaryl/α,β-unsaturated/α-hetero) is 1. The monoisotopic (exact) mass is 472 g/mol. The van der Waals surface area contributed by atoms with Crippen LogP contribution < -0.4 is 4.74 Å². The van der Waals surface area contributed by atoms with Gasteiger partial charge in [-0.3, -0.25) is 9.59 Å². The molecule has 0 bridgehead atoms. The average Bonchev–Trinajstić information content (AvgIpc) is 3.11. The number of aromatic nitrogens is 1. The van der Waals surface area contributed by atoms with Gasteiger partial charge in [-0.2, -0.15) is 0 Å². The van der Waals surface area contributed by atoms with Crippen molar-refractivity contribution in [2.24, 2.45) is 0 Å². The summed E-state index contributed by atoms with van der Waals surface area (Å²) in [5.41, 5.74) is 3.38. The zero-order chi connectivity index (χ0) is 22.6. The molecule has 5 rings (SSSR count). The van der Waals surface area contributed by atoms with Crippen molar-refractivity contribution in [2.75, 3.05) is 13.1 Å². The Bertz CT molecular complexity index is 1260. The number of ether oxygens (including phenoxy) is 1. The van der Waals surface area contributed by atoms with E-state index in [1.165, 1.54) is 0 Å². The second-order valence-electron chi connectivity index (χ2n) is 8.77. The molecule has 2 aromatic carbocycles. The number of carbonyl (C=O) groups excluding carboxylic acids is 2. The molecule has 32 heavy (non-hydrogen) atoms. The van der Waals surface area contributed by atoms with Gasteiger partial charge in [0.2, 0.25) is 5.91 Å². The minimum absolute atomic E-state index is 0.0133. The maximum absolute atomic E-state index is 13.0. The first kappa shape index (κ1) is 21.3. The Labute approximate surface area is 195 Å². The van der Waals surface area contributed by atoms with Crippen LogP contribution >= 0.6 is 23.2 Å². The van der Waals surface area contributed by atoms with Crippen LogP contribution in [0, 0.1) is 13.8 Å². The van der Waals surface area contributed by atoms with Gasteiger partial charge >= 0.3 is 0 Å². The van der Waals surface area contributed by atoms with Crippen molar-refractivity contribution < 1.29 is 18.8 Å². The van der Waals surface area contributed by atoms with Gasteiger partial charge in [0, 0.05) is 36.3 Å². The molecular formula is C24H22Cl2N2O4. The Morgan fingerprint density at radius 3 is 2.59 bits per heavy atom. The highest BCUT2D eigenvalue weighted by atomic mass is 35.5. The summed E-state index contributed by atoms with van der Waals surface area (Å²) in [5.74, 6) is 0.350. The first-order chi connectivity index (χ1) is 15.2. The predicted octanol–water partition coefficient (Wildman–Crippen LogP) is 5.32. The Morgan fingerprint density at radius 1 is 1.12 bits per heavy atom. The highest BCUT2D eigenvalue weighted by molar-refractivity contribution is 6.36. The largest absolute Gasteiger partial charge is 0.484 e. The Morgan fingerprint density at radius 2 is 1.84 bits per heavy atom. The maximum Gasteiger partial charge on any atom is 0.228 e. The van der Waals surface area contributed by atoms with Crippen LogP contribution in [0.2, 0.25) is 10.0 Å². The lowest BCUT2D eigenvalue weighted by atomic mass is 9.82. The van der Waals surface area contributed by atoms with Gasteiger partial charge in [0.1, 0.15) is 17.0 Å². The molecule has 0 atom stereocenters. The van der Waals surface area contributed by atoms with Gasteiger partial charge in [-0.15, -0.1) is 0 Å². The molecule has 0 N–H and O–H groups in total. The lowest BCUT2D eigenvalue weighted by Crippen LogP contribution is -2.52. The number of fused-ring (bicyclic) bond motifs is 2. The normalized spacial score (nSPS) is 17.5. The third kappa shape index (κ3) is 3.65. The molecule has 1 saturated heterocycles. The fourth-order valence-electron chi connectivity index (χ4n) is 4.58. The molecule has 6 nitrogen and oxygen atoms in total. The molecule has 1 amide bonds. The highest BCUT2D eigenvalue weighted by Gasteiger charge is 2.44. The van der Waals surface area contributed by atoms with Crippen LogP contribution in [0.25, 0.3) is 11.0 Å². The number of hydrogen-bond donors (Lipinski definition) is 0. The Kier molecular flexibility index (Phi) is 5.18. The molecule has 2 aliphatic heterocycles. The fourth-order valence-corrected chi connectivity index (χ4v) is 5.11. The summed E-state index contributed by atoms with van der Waals surface area (Å²) in [6, 6.07) is 7.15. The van der Waals surface area contributed by atoms with Crippen LogP contribution in [-0.4, -0.2) is 40.4 Å². The van der Waals surface area contributed by atoms with Gasteiger partial charge in [-0.05, 0) is 49.2 Å². The topological polar surface area (TPSA) is 72.6 Å². The number of likely N-dealkylation sites (tertiary alicyclic amines) is 1. The van der Waals surface area contributed by atoms with Crippen molar-refractivity contribution in [3.05, 3.63) is 56.7 Å². The van der Waals surface area contributed by atoms with E-state index in [4.69, 9.17) is 32.5 Å². The van der Waals surface area contributed by atoms with Gasteiger partial charge in [-0.1, -0.05) is 28.4 Å². The second-order valence-corrected chi connectivity index (χ2v) is 9.61. The number of halogens is 2. The average molecular weight is 473 g/mol. The second kappa shape index (κ2) is 7.78. The van der Waals surface area contributed by atoms with Crippen LogP contribution in [0.1, 0.15) is 46.4 Å². The molecular weight excluding hydrogens is 451 g/mol. The van der Waals surface area contributed by atoms with Crippen molar-refractivity contribution in [2.45, 2.75) is 45.1 Å². The van der Waals surface area contributed by atoms with Crippen LogP contribution in [0.15, 0.2) is 28.8 Å². The molecule has 8 heteroatoms. The molecule has 0 aliphatic carbocycles. The van der Waals surface area contributed by atoms with Gasteiger partial charge < -0.3 is 14.2 Å². The minimum Gasteiger partial charge on any atom is -0.484 e. The van der Waals surface area contributed by atoms with Crippen molar-refractivity contribution >= 4 is 45.9 Å². The first-order valence-corrected chi connectivity index (χ1v) is 11.3. The molecule has 2 aliphatic rings. The smallest absolute Gasteiger partial charge is 0.228 e. The number of aryl methyl sites for hydroxylation is 2. The molecule has 1 aromatic heterocycles. The first-order valence-electron chi connectivity index (χ1n) is 10.6. The zero-order valence-electron chi connectivity index (χ0n) is 17.8. The summed E-state index contributed by atoms with van der Waals surface area (Å²) in [4.78, 5) is 27.6.